The molecule has 1 aliphatic heterocycles. The third-order valence-electron chi connectivity index (χ3n) is 4.63. The van der Waals surface area contributed by atoms with Crippen LogP contribution in [0.5, 0.6) is 0 Å². The Labute approximate surface area is 153 Å². The number of anilines is 2. The molecule has 0 amide bonds. The Morgan fingerprint density at radius 2 is 2.00 bits per heavy atom. The zero-order valence-electron chi connectivity index (χ0n) is 14.6. The van der Waals surface area contributed by atoms with E-state index in [4.69, 9.17) is 5.73 Å². The van der Waals surface area contributed by atoms with Crippen molar-refractivity contribution in [2.24, 2.45) is 4.99 Å². The van der Waals surface area contributed by atoms with Crippen molar-refractivity contribution < 1.29 is 13.2 Å². The van der Waals surface area contributed by atoms with Crippen LogP contribution in [-0.4, -0.2) is 16.1 Å². The summed E-state index contributed by atoms with van der Waals surface area (Å²) in [5.74, 6) is 0.711. The Hall–Kier alpha value is -3.03. The first-order chi connectivity index (χ1) is 12.8. The van der Waals surface area contributed by atoms with Crippen molar-refractivity contribution in [3.8, 4) is 0 Å². The first-order valence-electron chi connectivity index (χ1n) is 8.58. The van der Waals surface area contributed by atoms with Crippen LogP contribution in [0.1, 0.15) is 24.1 Å². The van der Waals surface area contributed by atoms with Gasteiger partial charge in [0.05, 0.1) is 17.1 Å². The summed E-state index contributed by atoms with van der Waals surface area (Å²) in [6.45, 7) is 3.32. The van der Waals surface area contributed by atoms with Gasteiger partial charge in [0.25, 0.3) is 0 Å². The van der Waals surface area contributed by atoms with Crippen molar-refractivity contribution in [3.05, 3.63) is 59.1 Å². The second-order valence-corrected chi connectivity index (χ2v) is 6.55. The van der Waals surface area contributed by atoms with Crippen molar-refractivity contribution in [1.82, 2.24) is 9.55 Å². The molecule has 4 rings (SSSR count). The highest BCUT2D eigenvalue weighted by atomic mass is 19.4. The Bertz CT molecular complexity index is 1080. The third-order valence-corrected chi connectivity index (χ3v) is 4.63. The highest BCUT2D eigenvalue weighted by Crippen LogP contribution is 2.33. The molecule has 1 atom stereocenters. The quantitative estimate of drug-likeness (QED) is 0.673. The summed E-state index contributed by atoms with van der Waals surface area (Å²) < 4.78 is 41.3. The molecule has 1 unspecified atom stereocenters. The number of nitrogens with zero attached hydrogens (tertiary/aromatic N) is 3. The molecule has 0 radical (unpaired) electrons. The molecule has 3 aromatic rings. The van der Waals surface area contributed by atoms with Crippen molar-refractivity contribution in [3.63, 3.8) is 0 Å². The van der Waals surface area contributed by atoms with Crippen LogP contribution in [0.3, 0.4) is 0 Å². The number of nitrogens with two attached hydrogens (primary N) is 1. The monoisotopic (exact) mass is 373 g/mol. The molecule has 1 aromatic heterocycles. The largest absolute Gasteiger partial charge is 0.416 e. The molecule has 1 aliphatic rings. The molecule has 2 aromatic carbocycles. The number of para-hydroxylation sites is 1. The average Bonchev–Trinajstić information content (AvgIpc) is 3.09. The van der Waals surface area contributed by atoms with Gasteiger partial charge < -0.3 is 15.6 Å². The molecule has 5 nitrogen and oxygen atoms in total. The predicted octanol–water partition coefficient (Wildman–Crippen LogP) is 3.72. The topological polar surface area (TPSA) is 68.2 Å². The van der Waals surface area contributed by atoms with E-state index in [0.29, 0.717) is 17.0 Å². The molecule has 2 heterocycles. The van der Waals surface area contributed by atoms with E-state index in [2.05, 4.69) is 19.9 Å². The first kappa shape index (κ1) is 17.4. The predicted molar refractivity (Wildman–Crippen MR) is 98.1 cm³/mol. The lowest BCUT2D eigenvalue weighted by molar-refractivity contribution is -0.137. The van der Waals surface area contributed by atoms with Crippen molar-refractivity contribution in [2.75, 3.05) is 17.6 Å². The van der Waals surface area contributed by atoms with Crippen molar-refractivity contribution >= 4 is 22.5 Å². The minimum atomic E-state index is -4.46. The van der Waals surface area contributed by atoms with E-state index in [-0.39, 0.29) is 5.69 Å². The average molecular weight is 373 g/mol. The van der Waals surface area contributed by atoms with Gasteiger partial charge in [0.1, 0.15) is 0 Å². The molecule has 8 heteroatoms. The van der Waals surface area contributed by atoms with Gasteiger partial charge in [0.15, 0.2) is 5.49 Å². The summed E-state index contributed by atoms with van der Waals surface area (Å²) in [5, 5.41) is 4.06. The van der Waals surface area contributed by atoms with Crippen molar-refractivity contribution in [1.29, 1.82) is 0 Å². The number of hydrogen-bond acceptors (Lipinski definition) is 4. The number of alkyl halides is 3. The fourth-order valence-corrected chi connectivity index (χ4v) is 3.31. The molecule has 0 saturated carbocycles. The van der Waals surface area contributed by atoms with Crippen LogP contribution in [0.25, 0.3) is 10.9 Å². The lowest BCUT2D eigenvalue weighted by atomic mass is 10.0. The van der Waals surface area contributed by atoms with Crippen LogP contribution in [-0.2, 0) is 12.7 Å². The van der Waals surface area contributed by atoms with E-state index in [0.717, 1.165) is 36.1 Å². The number of fused-ring (bicyclic) bond motifs is 3. The molecule has 0 bridgehead atoms. The second kappa shape index (κ2) is 6.29. The lowest BCUT2D eigenvalue weighted by Gasteiger charge is -2.13. The highest BCUT2D eigenvalue weighted by Gasteiger charge is 2.31. The van der Waals surface area contributed by atoms with E-state index in [1.54, 1.807) is 6.92 Å². The fraction of sp³-hybridized carbons (Fsp3) is 0.263. The van der Waals surface area contributed by atoms with Crippen molar-refractivity contribution in [2.45, 2.75) is 25.7 Å². The van der Waals surface area contributed by atoms with Gasteiger partial charge >= 0.3 is 6.18 Å². The number of aromatic nitrogens is 2. The number of benzene rings is 2. The standard InChI is InChI=1S/C19H18F3N5/c1-11(12-8-13(19(20,21)22)10-14(23)9-12)25-17-15-4-2-3-5-16(15)27-7-6-24-18(27)26-17/h2-5,8-11H,6-7,23H2,1H3,(H,24,25,26). The zero-order chi connectivity index (χ0) is 19.2. The van der Waals surface area contributed by atoms with Gasteiger partial charge in [-0.2, -0.15) is 18.2 Å². The third kappa shape index (κ3) is 3.22. The van der Waals surface area contributed by atoms with E-state index >= 15 is 0 Å². The van der Waals surface area contributed by atoms with Crippen LogP contribution >= 0.6 is 0 Å². The number of nitrogens with one attached hydrogen (secondary N) is 1. The second-order valence-electron chi connectivity index (χ2n) is 6.55. The Morgan fingerprint density at radius 3 is 2.78 bits per heavy atom. The van der Waals surface area contributed by atoms with E-state index in [9.17, 15) is 13.2 Å². The maximum Gasteiger partial charge on any atom is 0.416 e. The van der Waals surface area contributed by atoms with Gasteiger partial charge in [0.2, 0.25) is 5.95 Å². The maximum atomic E-state index is 13.1. The molecule has 0 aliphatic carbocycles. The maximum absolute atomic E-state index is 13.1. The summed E-state index contributed by atoms with van der Waals surface area (Å²) in [7, 11) is 0. The van der Waals surface area contributed by atoms with Gasteiger partial charge in [0, 0.05) is 24.2 Å². The molecule has 140 valence electrons. The Balaban J connectivity index is 1.86. The van der Waals surface area contributed by atoms with Gasteiger partial charge in [-0.05, 0) is 42.8 Å². The molecular weight excluding hydrogens is 355 g/mol. The molecular formula is C19H18F3N5. The SMILES string of the molecule is CC(N=c1nc2n(c3ccccc13)CCN2)c1cc(N)cc(C(F)(F)F)c1. The number of nitrogen functional groups attached to an aromatic ring is 1. The Kier molecular flexibility index (Phi) is 4.05. The molecule has 0 spiro atoms. The van der Waals surface area contributed by atoms with E-state index < -0.39 is 17.8 Å². The summed E-state index contributed by atoms with van der Waals surface area (Å²) in [6, 6.07) is 10.7. The molecule has 3 N–H and O–H groups in total. The minimum Gasteiger partial charge on any atom is -0.399 e. The summed E-state index contributed by atoms with van der Waals surface area (Å²) in [4.78, 5) is 9.18. The number of rotatable bonds is 2. The summed E-state index contributed by atoms with van der Waals surface area (Å²) in [6.07, 6.45) is -4.46. The van der Waals surface area contributed by atoms with E-state index in [1.807, 2.05) is 24.3 Å². The summed E-state index contributed by atoms with van der Waals surface area (Å²) in [5.41, 5.74) is 6.85. The van der Waals surface area contributed by atoms with E-state index in [1.165, 1.54) is 6.07 Å². The number of halogens is 3. The van der Waals surface area contributed by atoms with Crippen LogP contribution < -0.4 is 16.5 Å². The van der Waals surface area contributed by atoms with Crippen LogP contribution in [0.15, 0.2) is 47.5 Å². The van der Waals surface area contributed by atoms with Gasteiger partial charge in [-0.15, -0.1) is 0 Å². The molecule has 0 saturated heterocycles. The minimum absolute atomic E-state index is 0.0610. The fourth-order valence-electron chi connectivity index (χ4n) is 3.31. The van der Waals surface area contributed by atoms with Crippen LogP contribution in [0.4, 0.5) is 24.8 Å². The van der Waals surface area contributed by atoms with Gasteiger partial charge in [-0.1, -0.05) is 12.1 Å². The van der Waals surface area contributed by atoms with Crippen LogP contribution in [0.2, 0.25) is 0 Å². The molecule has 0 fully saturated rings. The number of hydrogen-bond donors (Lipinski definition) is 2. The van der Waals surface area contributed by atoms with Gasteiger partial charge in [-0.25, -0.2) is 0 Å². The van der Waals surface area contributed by atoms with Gasteiger partial charge in [-0.3, -0.25) is 4.99 Å². The smallest absolute Gasteiger partial charge is 0.399 e. The highest BCUT2D eigenvalue weighted by molar-refractivity contribution is 5.79. The summed E-state index contributed by atoms with van der Waals surface area (Å²) >= 11 is 0. The first-order valence-corrected chi connectivity index (χ1v) is 8.58. The Morgan fingerprint density at radius 1 is 1.22 bits per heavy atom. The van der Waals surface area contributed by atoms with Crippen LogP contribution in [0, 0.1) is 0 Å². The normalized spacial score (nSPS) is 15.6. The lowest BCUT2D eigenvalue weighted by Crippen LogP contribution is -2.16. The zero-order valence-corrected chi connectivity index (χ0v) is 14.6. The molecule has 27 heavy (non-hydrogen) atoms.